The van der Waals surface area contributed by atoms with Crippen LogP contribution in [0.4, 0.5) is 0 Å². The van der Waals surface area contributed by atoms with E-state index in [1.807, 2.05) is 11.8 Å². The lowest BCUT2D eigenvalue weighted by atomic mass is 10.1. The third kappa shape index (κ3) is 10.7. The number of amides is 3. The smallest absolute Gasteiger partial charge is 0.239 e. The Morgan fingerprint density at radius 2 is 1.72 bits per heavy atom. The number of rotatable bonds is 14. The van der Waals surface area contributed by atoms with Crippen molar-refractivity contribution >= 4 is 23.7 Å². The average molecular weight is 412 g/mol. The zero-order valence-corrected chi connectivity index (χ0v) is 17.5. The van der Waals surface area contributed by atoms with Crippen molar-refractivity contribution in [1.82, 2.24) is 20.9 Å². The average Bonchev–Trinajstić information content (AvgIpc) is 3.19. The quantitative estimate of drug-likeness (QED) is 0.0995. The van der Waals surface area contributed by atoms with Crippen LogP contribution in [0.15, 0.2) is 0 Å². The van der Waals surface area contributed by atoms with E-state index in [4.69, 9.17) is 16.9 Å². The molecular weight excluding hydrogens is 374 g/mol. The van der Waals surface area contributed by atoms with Crippen molar-refractivity contribution in [3.05, 3.63) is 0 Å². The van der Waals surface area contributed by atoms with Crippen LogP contribution in [0.1, 0.15) is 64.7 Å². The number of hydrogen-bond acceptors (Lipinski definition) is 5. The fourth-order valence-corrected chi connectivity index (χ4v) is 3.32. The molecular formula is C19H37N7O3. The van der Waals surface area contributed by atoms with Gasteiger partial charge in [-0.25, -0.2) is 0 Å². The number of nitrogens with one attached hydrogen (secondary N) is 4. The van der Waals surface area contributed by atoms with Gasteiger partial charge in [0, 0.05) is 25.9 Å². The van der Waals surface area contributed by atoms with Gasteiger partial charge in [0.25, 0.3) is 0 Å². The Morgan fingerprint density at radius 3 is 2.31 bits per heavy atom. The molecule has 1 saturated heterocycles. The maximum absolute atomic E-state index is 12.6. The summed E-state index contributed by atoms with van der Waals surface area (Å²) in [6, 6.07) is -0.383. The first kappa shape index (κ1) is 24.7. The number of hydrogen-bond donors (Lipinski definition) is 6. The zero-order valence-electron chi connectivity index (χ0n) is 17.5. The molecule has 1 aliphatic heterocycles. The van der Waals surface area contributed by atoms with E-state index in [1.165, 1.54) is 0 Å². The monoisotopic (exact) mass is 411 g/mol. The maximum atomic E-state index is 12.6. The van der Waals surface area contributed by atoms with E-state index in [-0.39, 0.29) is 36.4 Å². The molecule has 1 heterocycles. The molecule has 0 saturated carbocycles. The summed E-state index contributed by atoms with van der Waals surface area (Å²) in [4.78, 5) is 37.5. The summed E-state index contributed by atoms with van der Waals surface area (Å²) in [5.74, 6) is -0.604. The van der Waals surface area contributed by atoms with Gasteiger partial charge in [-0.15, -0.1) is 0 Å². The number of carbonyl (C=O) groups is 3. The first-order chi connectivity index (χ1) is 13.8. The van der Waals surface area contributed by atoms with Crippen LogP contribution in [0.3, 0.4) is 0 Å². The standard InChI is InChI=1S/C19H37N7O3/c1-2-16(25-19(21)22)24-17(28)8-4-3-5-11-23-14(9-10-15(20)27)18(29)26-12-6-7-13-26/h14,16,23H,2-13H2,1H3,(H2,20,27)(H,24,28)(H4,21,22,25). The van der Waals surface area contributed by atoms with Gasteiger partial charge in [0.1, 0.15) is 6.17 Å². The van der Waals surface area contributed by atoms with E-state index in [0.29, 0.717) is 25.8 Å². The first-order valence-corrected chi connectivity index (χ1v) is 10.5. The van der Waals surface area contributed by atoms with Crippen LogP contribution < -0.4 is 27.4 Å². The van der Waals surface area contributed by atoms with Gasteiger partial charge in [-0.2, -0.15) is 0 Å². The maximum Gasteiger partial charge on any atom is 0.239 e. The van der Waals surface area contributed by atoms with E-state index in [0.717, 1.165) is 45.2 Å². The van der Waals surface area contributed by atoms with Gasteiger partial charge in [-0.3, -0.25) is 19.8 Å². The predicted molar refractivity (Wildman–Crippen MR) is 112 cm³/mol. The SMILES string of the molecule is CCC(NC(=N)N)NC(=O)CCCCCNC(CCC(N)=O)C(=O)N1CCCC1. The molecule has 0 aromatic carbocycles. The number of likely N-dealkylation sites (tertiary alicyclic amines) is 1. The Balaban J connectivity index is 2.26. The molecule has 1 aliphatic rings. The van der Waals surface area contributed by atoms with E-state index >= 15 is 0 Å². The Labute approximate surface area is 173 Å². The van der Waals surface area contributed by atoms with Crippen LogP contribution in [0.2, 0.25) is 0 Å². The lowest BCUT2D eigenvalue weighted by Gasteiger charge is -2.24. The van der Waals surface area contributed by atoms with Crippen LogP contribution in [-0.4, -0.2) is 60.4 Å². The van der Waals surface area contributed by atoms with E-state index in [9.17, 15) is 14.4 Å². The fraction of sp³-hybridized carbons (Fsp3) is 0.789. The van der Waals surface area contributed by atoms with Gasteiger partial charge in [-0.05, 0) is 45.1 Å². The molecule has 0 radical (unpaired) electrons. The summed E-state index contributed by atoms with van der Waals surface area (Å²) in [6.07, 6.45) is 5.75. The largest absolute Gasteiger partial charge is 0.370 e. The highest BCUT2D eigenvalue weighted by Gasteiger charge is 2.26. The van der Waals surface area contributed by atoms with Gasteiger partial charge < -0.3 is 32.3 Å². The molecule has 0 bridgehead atoms. The number of guanidine groups is 1. The predicted octanol–water partition coefficient (Wildman–Crippen LogP) is -0.272. The highest BCUT2D eigenvalue weighted by Crippen LogP contribution is 2.12. The first-order valence-electron chi connectivity index (χ1n) is 10.5. The van der Waals surface area contributed by atoms with Gasteiger partial charge in [0.15, 0.2) is 5.96 Å². The minimum atomic E-state index is -0.401. The number of unbranched alkanes of at least 4 members (excludes halogenated alkanes) is 2. The van der Waals surface area contributed by atoms with Crippen molar-refractivity contribution in [1.29, 1.82) is 5.41 Å². The molecule has 8 N–H and O–H groups in total. The molecule has 2 unspecified atom stereocenters. The molecule has 0 aromatic heterocycles. The van der Waals surface area contributed by atoms with E-state index < -0.39 is 5.91 Å². The van der Waals surface area contributed by atoms with Gasteiger partial charge >= 0.3 is 0 Å². The van der Waals surface area contributed by atoms with Crippen LogP contribution in [0.5, 0.6) is 0 Å². The van der Waals surface area contributed by atoms with Crippen molar-refractivity contribution in [3.8, 4) is 0 Å². The van der Waals surface area contributed by atoms with E-state index in [2.05, 4.69) is 16.0 Å². The van der Waals surface area contributed by atoms with E-state index in [1.54, 1.807) is 0 Å². The molecule has 166 valence electrons. The Kier molecular flexibility index (Phi) is 11.7. The van der Waals surface area contributed by atoms with Crippen LogP contribution in [0.25, 0.3) is 0 Å². The fourth-order valence-electron chi connectivity index (χ4n) is 3.32. The summed E-state index contributed by atoms with van der Waals surface area (Å²) < 4.78 is 0. The third-order valence-corrected chi connectivity index (χ3v) is 4.94. The van der Waals surface area contributed by atoms with Crippen LogP contribution >= 0.6 is 0 Å². The number of nitrogens with zero attached hydrogens (tertiary/aromatic N) is 1. The summed E-state index contributed by atoms with van der Waals surface area (Å²) in [7, 11) is 0. The minimum Gasteiger partial charge on any atom is -0.370 e. The molecule has 1 fully saturated rings. The van der Waals surface area contributed by atoms with Crippen LogP contribution in [-0.2, 0) is 14.4 Å². The number of nitrogens with two attached hydrogens (primary N) is 2. The topological polar surface area (TPSA) is 166 Å². The molecule has 0 aliphatic carbocycles. The van der Waals surface area contributed by atoms with Crippen molar-refractivity contribution in [3.63, 3.8) is 0 Å². The van der Waals surface area contributed by atoms with Crippen molar-refractivity contribution < 1.29 is 14.4 Å². The summed E-state index contributed by atoms with van der Waals surface area (Å²) >= 11 is 0. The van der Waals surface area contributed by atoms with Crippen molar-refractivity contribution in [2.24, 2.45) is 11.5 Å². The Morgan fingerprint density at radius 1 is 1.03 bits per heavy atom. The summed E-state index contributed by atoms with van der Waals surface area (Å²) in [5.41, 5.74) is 10.5. The molecule has 2 atom stereocenters. The molecule has 1 rings (SSSR count). The lowest BCUT2D eigenvalue weighted by Crippen LogP contribution is -2.49. The zero-order chi connectivity index (χ0) is 21.6. The highest BCUT2D eigenvalue weighted by atomic mass is 16.2. The second kappa shape index (κ2) is 13.8. The summed E-state index contributed by atoms with van der Waals surface area (Å²) in [6.45, 7) is 4.10. The van der Waals surface area contributed by atoms with Crippen LogP contribution in [0, 0.1) is 5.41 Å². The number of primary amides is 1. The second-order valence-electron chi connectivity index (χ2n) is 7.44. The molecule has 0 spiro atoms. The minimum absolute atomic E-state index is 0.0479. The molecule has 10 nitrogen and oxygen atoms in total. The normalized spacial score (nSPS) is 15.6. The van der Waals surface area contributed by atoms with Gasteiger partial charge in [-0.1, -0.05) is 13.3 Å². The van der Waals surface area contributed by atoms with Gasteiger partial charge in [0.05, 0.1) is 6.04 Å². The molecule has 3 amide bonds. The molecule has 29 heavy (non-hydrogen) atoms. The third-order valence-electron chi connectivity index (χ3n) is 4.94. The number of carbonyl (C=O) groups excluding carboxylic acids is 3. The van der Waals surface area contributed by atoms with Crippen molar-refractivity contribution in [2.45, 2.75) is 76.9 Å². The highest BCUT2D eigenvalue weighted by molar-refractivity contribution is 5.83. The van der Waals surface area contributed by atoms with Gasteiger partial charge in [0.2, 0.25) is 17.7 Å². The van der Waals surface area contributed by atoms with Crippen molar-refractivity contribution in [2.75, 3.05) is 19.6 Å². The Hall–Kier alpha value is -2.36. The molecule has 10 heteroatoms. The second-order valence-corrected chi connectivity index (χ2v) is 7.44. The lowest BCUT2D eigenvalue weighted by molar-refractivity contribution is -0.132. The Bertz CT molecular complexity index is 550. The molecule has 0 aromatic rings. The summed E-state index contributed by atoms with van der Waals surface area (Å²) in [5, 5.41) is 16.0.